The fraction of sp³-hybridized carbons (Fsp3) is 0.423. The molecule has 3 rings (SSSR count). The van der Waals surface area contributed by atoms with Crippen LogP contribution in [0.25, 0.3) is 0 Å². The molecule has 0 bridgehead atoms. The number of hydrogen-bond donors (Lipinski definition) is 3. The predicted molar refractivity (Wildman–Crippen MR) is 126 cm³/mol. The Balaban J connectivity index is 1.77. The molecule has 3 N–H and O–H groups in total. The van der Waals surface area contributed by atoms with Gasteiger partial charge >= 0.3 is 0 Å². The van der Waals surface area contributed by atoms with Crippen molar-refractivity contribution in [3.63, 3.8) is 0 Å². The van der Waals surface area contributed by atoms with Crippen LogP contribution in [0.2, 0.25) is 0 Å². The number of aryl methyl sites for hydroxylation is 1. The number of nitrogens with zero attached hydrogens (tertiary/aromatic N) is 1. The second kappa shape index (κ2) is 11.1. The maximum atomic E-state index is 13.7. The highest BCUT2D eigenvalue weighted by Crippen LogP contribution is 2.42. The Bertz CT molecular complexity index is 949. The van der Waals surface area contributed by atoms with Crippen molar-refractivity contribution in [2.45, 2.75) is 52.0 Å². The molecule has 3 amide bonds. The Labute approximate surface area is 195 Å². The van der Waals surface area contributed by atoms with E-state index in [-0.39, 0.29) is 24.2 Å². The highest BCUT2D eigenvalue weighted by molar-refractivity contribution is 5.99. The van der Waals surface area contributed by atoms with Crippen LogP contribution in [0.3, 0.4) is 0 Å². The zero-order valence-corrected chi connectivity index (χ0v) is 19.3. The van der Waals surface area contributed by atoms with Crippen molar-refractivity contribution in [1.82, 2.24) is 10.4 Å². The van der Waals surface area contributed by atoms with E-state index in [0.717, 1.165) is 12.8 Å². The minimum atomic E-state index is -0.929. The number of likely N-dealkylation sites (tertiary alicyclic amines) is 1. The van der Waals surface area contributed by atoms with Crippen molar-refractivity contribution in [3.8, 4) is 0 Å². The number of rotatable bonds is 10. The summed E-state index contributed by atoms with van der Waals surface area (Å²) in [6.07, 6.45) is 2.40. The van der Waals surface area contributed by atoms with Gasteiger partial charge in [0.1, 0.15) is 6.04 Å². The van der Waals surface area contributed by atoms with E-state index in [0.29, 0.717) is 25.1 Å². The first-order chi connectivity index (χ1) is 15.9. The smallest absolute Gasteiger partial charge is 0.247 e. The van der Waals surface area contributed by atoms with E-state index in [1.807, 2.05) is 62.4 Å². The fourth-order valence-corrected chi connectivity index (χ4v) is 4.76. The lowest BCUT2D eigenvalue weighted by molar-refractivity contribution is -0.146. The first-order valence-electron chi connectivity index (χ1n) is 11.5. The lowest BCUT2D eigenvalue weighted by Crippen LogP contribution is -2.50. The molecule has 1 fully saturated rings. The van der Waals surface area contributed by atoms with E-state index in [2.05, 4.69) is 5.32 Å². The van der Waals surface area contributed by atoms with Gasteiger partial charge in [0, 0.05) is 18.7 Å². The van der Waals surface area contributed by atoms with E-state index in [4.69, 9.17) is 5.21 Å². The Morgan fingerprint density at radius 2 is 1.70 bits per heavy atom. The van der Waals surface area contributed by atoms with E-state index in [1.54, 1.807) is 22.5 Å². The minimum Gasteiger partial charge on any atom is -0.330 e. The molecule has 2 aromatic rings. The second-order valence-corrected chi connectivity index (χ2v) is 9.12. The molecule has 0 unspecified atom stereocenters. The second-order valence-electron chi connectivity index (χ2n) is 9.12. The van der Waals surface area contributed by atoms with Gasteiger partial charge in [-0.25, -0.2) is 5.48 Å². The highest BCUT2D eigenvalue weighted by Gasteiger charge is 2.50. The van der Waals surface area contributed by atoms with Crippen molar-refractivity contribution < 1.29 is 19.6 Å². The number of hydrogen-bond acceptors (Lipinski definition) is 4. The van der Waals surface area contributed by atoms with Gasteiger partial charge < -0.3 is 10.2 Å². The van der Waals surface area contributed by atoms with E-state index < -0.39 is 17.4 Å². The summed E-state index contributed by atoms with van der Waals surface area (Å²) in [5.74, 6) is -1.12. The third-order valence-electron chi connectivity index (χ3n) is 6.41. The topological polar surface area (TPSA) is 98.7 Å². The van der Waals surface area contributed by atoms with Gasteiger partial charge in [-0.1, -0.05) is 62.4 Å². The van der Waals surface area contributed by atoms with Gasteiger partial charge in [-0.2, -0.15) is 0 Å². The maximum absolute atomic E-state index is 13.7. The molecule has 7 nitrogen and oxygen atoms in total. The van der Waals surface area contributed by atoms with Gasteiger partial charge in [0.15, 0.2) is 0 Å². The summed E-state index contributed by atoms with van der Waals surface area (Å²) in [5.41, 5.74) is 2.59. The van der Waals surface area contributed by atoms with Crippen LogP contribution in [-0.2, 0) is 20.8 Å². The van der Waals surface area contributed by atoms with Crippen LogP contribution < -0.4 is 10.8 Å². The van der Waals surface area contributed by atoms with E-state index in [1.165, 1.54) is 5.56 Å². The summed E-state index contributed by atoms with van der Waals surface area (Å²) in [4.78, 5) is 40.6. The van der Waals surface area contributed by atoms with Crippen LogP contribution in [0, 0.1) is 11.3 Å². The normalized spacial score (nSPS) is 18.9. The Hall–Kier alpha value is -3.19. The predicted octanol–water partition coefficient (Wildman–Crippen LogP) is 3.79. The van der Waals surface area contributed by atoms with Crippen LogP contribution >= 0.6 is 0 Å². The Morgan fingerprint density at radius 3 is 2.30 bits per heavy atom. The average Bonchev–Trinajstić information content (AvgIpc) is 3.10. The standard InChI is InChI=1S/C26H33N3O4/c1-19(2)23(24(31)27-21-13-7-4-8-14-21)29-17-16-26(25(29)32,18-22(30)28-33)15-9-12-20-10-5-3-6-11-20/h3-8,10-11,13-14,19,23,33H,9,12,15-18H2,1-2H3,(H,27,31)(H,28,30)/t23-,26+/m1/s1. The molecular formula is C26H33N3O4. The Morgan fingerprint density at radius 1 is 1.06 bits per heavy atom. The number of hydroxylamine groups is 1. The molecular weight excluding hydrogens is 418 g/mol. The van der Waals surface area contributed by atoms with Gasteiger partial charge in [0.05, 0.1) is 5.41 Å². The number of benzene rings is 2. The van der Waals surface area contributed by atoms with Crippen molar-refractivity contribution >= 4 is 23.4 Å². The third-order valence-corrected chi connectivity index (χ3v) is 6.41. The number of para-hydroxylation sites is 1. The van der Waals surface area contributed by atoms with E-state index >= 15 is 0 Å². The SMILES string of the molecule is CC(C)[C@H](C(=O)Nc1ccccc1)N1CC[C@@](CCCc2ccccc2)(CC(=O)NO)C1=O. The first kappa shape index (κ1) is 24.5. The molecule has 1 aliphatic heterocycles. The lowest BCUT2D eigenvalue weighted by atomic mass is 9.77. The molecule has 2 aromatic carbocycles. The molecule has 0 aromatic heterocycles. The van der Waals surface area contributed by atoms with Crippen LogP contribution in [-0.4, -0.2) is 40.4 Å². The summed E-state index contributed by atoms with van der Waals surface area (Å²) >= 11 is 0. The lowest BCUT2D eigenvalue weighted by Gasteiger charge is -2.33. The van der Waals surface area contributed by atoms with E-state index in [9.17, 15) is 14.4 Å². The van der Waals surface area contributed by atoms with Gasteiger partial charge in [0.2, 0.25) is 17.7 Å². The molecule has 0 spiro atoms. The molecule has 7 heteroatoms. The van der Waals surface area contributed by atoms with Crippen molar-refractivity contribution in [2.24, 2.45) is 11.3 Å². The van der Waals surface area contributed by atoms with Crippen LogP contribution in [0.1, 0.15) is 45.1 Å². The highest BCUT2D eigenvalue weighted by atomic mass is 16.5. The number of anilines is 1. The molecule has 0 radical (unpaired) electrons. The zero-order valence-electron chi connectivity index (χ0n) is 19.3. The Kier molecular flexibility index (Phi) is 8.22. The molecule has 176 valence electrons. The summed E-state index contributed by atoms with van der Waals surface area (Å²) in [6, 6.07) is 18.5. The van der Waals surface area contributed by atoms with Gasteiger partial charge in [-0.3, -0.25) is 19.6 Å². The zero-order chi connectivity index (χ0) is 23.8. The number of carbonyl (C=O) groups is 3. The van der Waals surface area contributed by atoms with Gasteiger partial charge in [-0.05, 0) is 49.3 Å². The van der Waals surface area contributed by atoms with Crippen LogP contribution in [0.15, 0.2) is 60.7 Å². The summed E-state index contributed by atoms with van der Waals surface area (Å²) in [6.45, 7) is 4.23. The van der Waals surface area contributed by atoms with Crippen molar-refractivity contribution in [2.75, 3.05) is 11.9 Å². The van der Waals surface area contributed by atoms with Crippen LogP contribution in [0.5, 0.6) is 0 Å². The van der Waals surface area contributed by atoms with Crippen LogP contribution in [0.4, 0.5) is 5.69 Å². The first-order valence-corrected chi connectivity index (χ1v) is 11.5. The maximum Gasteiger partial charge on any atom is 0.247 e. The van der Waals surface area contributed by atoms with Crippen molar-refractivity contribution in [3.05, 3.63) is 66.2 Å². The molecule has 0 aliphatic carbocycles. The van der Waals surface area contributed by atoms with Gasteiger partial charge in [-0.15, -0.1) is 0 Å². The largest absolute Gasteiger partial charge is 0.330 e. The van der Waals surface area contributed by atoms with Gasteiger partial charge in [0.25, 0.3) is 0 Å². The average molecular weight is 452 g/mol. The quantitative estimate of drug-likeness (QED) is 0.378. The molecule has 0 saturated carbocycles. The fourth-order valence-electron chi connectivity index (χ4n) is 4.76. The number of nitrogens with one attached hydrogen (secondary N) is 2. The molecule has 1 saturated heterocycles. The molecule has 1 heterocycles. The molecule has 2 atom stereocenters. The van der Waals surface area contributed by atoms with Crippen molar-refractivity contribution in [1.29, 1.82) is 0 Å². The number of carbonyl (C=O) groups excluding carboxylic acids is 3. The third kappa shape index (κ3) is 5.99. The minimum absolute atomic E-state index is 0.0985. The summed E-state index contributed by atoms with van der Waals surface area (Å²) in [7, 11) is 0. The molecule has 33 heavy (non-hydrogen) atoms. The number of amides is 3. The summed E-state index contributed by atoms with van der Waals surface area (Å²) < 4.78 is 0. The molecule has 1 aliphatic rings. The summed E-state index contributed by atoms with van der Waals surface area (Å²) in [5, 5.41) is 12.0. The monoisotopic (exact) mass is 451 g/mol.